The highest BCUT2D eigenvalue weighted by Gasteiger charge is 2.17. The normalized spacial score (nSPS) is 16.8. The summed E-state index contributed by atoms with van der Waals surface area (Å²) in [7, 11) is 0. The van der Waals surface area contributed by atoms with E-state index in [1.807, 2.05) is 49.1 Å². The summed E-state index contributed by atoms with van der Waals surface area (Å²) in [6, 6.07) is 20.8. The van der Waals surface area contributed by atoms with Crippen LogP contribution in [0.2, 0.25) is 0 Å². The van der Waals surface area contributed by atoms with E-state index in [9.17, 15) is 0 Å². The van der Waals surface area contributed by atoms with Crippen molar-refractivity contribution in [1.82, 2.24) is 25.2 Å². The van der Waals surface area contributed by atoms with Gasteiger partial charge in [-0.15, -0.1) is 0 Å². The molecule has 6 nitrogen and oxygen atoms in total. The summed E-state index contributed by atoms with van der Waals surface area (Å²) in [4.78, 5) is 13.3. The van der Waals surface area contributed by atoms with Gasteiger partial charge in [-0.05, 0) is 42.3 Å². The second kappa shape index (κ2) is 7.93. The van der Waals surface area contributed by atoms with E-state index in [1.165, 1.54) is 5.56 Å². The van der Waals surface area contributed by atoms with Crippen molar-refractivity contribution in [1.29, 1.82) is 0 Å². The number of fused-ring (bicyclic) bond motifs is 1. The Morgan fingerprint density at radius 2 is 1.93 bits per heavy atom. The van der Waals surface area contributed by atoms with Crippen LogP contribution in [0.3, 0.4) is 0 Å². The molecule has 5 rings (SSSR count). The summed E-state index contributed by atoms with van der Waals surface area (Å²) in [5, 5.41) is 6.98. The second-order valence-corrected chi connectivity index (χ2v) is 7.26. The van der Waals surface area contributed by atoms with Gasteiger partial charge in [0.2, 0.25) is 0 Å². The summed E-state index contributed by atoms with van der Waals surface area (Å²) >= 11 is 0. The Bertz CT molecular complexity index is 1210. The molecule has 4 aromatic rings. The zero-order chi connectivity index (χ0) is 20.3. The molecule has 2 aromatic heterocycles. The number of rotatable bonds is 5. The van der Waals surface area contributed by atoms with Gasteiger partial charge in [0.05, 0.1) is 11.0 Å². The Hall–Kier alpha value is -3.77. The number of nitrogens with one attached hydrogen (secondary N) is 2. The van der Waals surface area contributed by atoms with Gasteiger partial charge in [0, 0.05) is 30.2 Å². The summed E-state index contributed by atoms with van der Waals surface area (Å²) in [6.45, 7) is 2.14. The zero-order valence-electron chi connectivity index (χ0n) is 16.6. The number of aliphatic imine (C=N–C) groups is 1. The van der Waals surface area contributed by atoms with Gasteiger partial charge in [0.15, 0.2) is 6.29 Å². The lowest BCUT2D eigenvalue weighted by Crippen LogP contribution is -2.43. The van der Waals surface area contributed by atoms with Gasteiger partial charge in [-0.25, -0.2) is 4.98 Å². The molecule has 0 spiro atoms. The average Bonchev–Trinajstić information content (AvgIpc) is 3.24. The monoisotopic (exact) mass is 394 g/mol. The minimum Gasteiger partial charge on any atom is -0.337 e. The number of hydrogen-bond donors (Lipinski definition) is 2. The number of imidazole rings is 1. The molecule has 3 heterocycles. The smallest absolute Gasteiger partial charge is 0.175 e. The molecule has 2 atom stereocenters. The first-order chi connectivity index (χ1) is 14.8. The molecular formula is C24H22N6. The third kappa shape index (κ3) is 3.60. The van der Waals surface area contributed by atoms with Crippen molar-refractivity contribution >= 4 is 23.1 Å². The predicted molar refractivity (Wildman–Crippen MR) is 121 cm³/mol. The van der Waals surface area contributed by atoms with Crippen LogP contribution in [0, 0.1) is 0 Å². The molecule has 0 saturated heterocycles. The van der Waals surface area contributed by atoms with Crippen molar-refractivity contribution in [3.05, 3.63) is 91.0 Å². The standard InChI is InChI=1S/C24H22N6/c1-17(18-6-3-2-4-7-18)28-24-26-13-11-23(29-24)30-16-27-21-14-19(9-10-22(21)30)20-8-5-12-25-15-20/h2-17,24,28-29H,1H3/t17-,24?/m0/s1. The summed E-state index contributed by atoms with van der Waals surface area (Å²) in [5.74, 6) is 0.930. The van der Waals surface area contributed by atoms with Crippen LogP contribution in [0.25, 0.3) is 28.0 Å². The fraction of sp³-hybridized carbons (Fsp3) is 0.125. The number of hydrogen-bond acceptors (Lipinski definition) is 5. The molecule has 0 bridgehead atoms. The van der Waals surface area contributed by atoms with Crippen molar-refractivity contribution in [2.24, 2.45) is 4.99 Å². The Labute approximate surface area is 175 Å². The highest BCUT2D eigenvalue weighted by atomic mass is 15.3. The maximum absolute atomic E-state index is 4.61. The lowest BCUT2D eigenvalue weighted by molar-refractivity contribution is 0.433. The molecular weight excluding hydrogens is 372 g/mol. The molecule has 0 fully saturated rings. The van der Waals surface area contributed by atoms with E-state index >= 15 is 0 Å². The highest BCUT2D eigenvalue weighted by molar-refractivity contribution is 5.87. The Morgan fingerprint density at radius 1 is 1.03 bits per heavy atom. The number of benzene rings is 2. The number of nitrogens with zero attached hydrogens (tertiary/aromatic N) is 4. The van der Waals surface area contributed by atoms with Crippen LogP contribution >= 0.6 is 0 Å². The molecule has 1 aliphatic heterocycles. The first kappa shape index (κ1) is 18.3. The molecule has 0 aliphatic carbocycles. The van der Waals surface area contributed by atoms with Crippen molar-refractivity contribution in [2.45, 2.75) is 19.3 Å². The Balaban J connectivity index is 1.36. The molecule has 0 radical (unpaired) electrons. The van der Waals surface area contributed by atoms with Crippen LogP contribution in [-0.4, -0.2) is 27.0 Å². The van der Waals surface area contributed by atoms with Gasteiger partial charge in [-0.1, -0.05) is 42.5 Å². The van der Waals surface area contributed by atoms with E-state index in [2.05, 4.69) is 73.5 Å². The summed E-state index contributed by atoms with van der Waals surface area (Å²) < 4.78 is 2.05. The lowest BCUT2D eigenvalue weighted by atomic mass is 10.1. The highest BCUT2D eigenvalue weighted by Crippen LogP contribution is 2.25. The van der Waals surface area contributed by atoms with Crippen LogP contribution in [0.5, 0.6) is 0 Å². The Morgan fingerprint density at radius 3 is 2.77 bits per heavy atom. The third-order valence-electron chi connectivity index (χ3n) is 5.26. The van der Waals surface area contributed by atoms with E-state index in [0.717, 1.165) is 28.0 Å². The van der Waals surface area contributed by atoms with E-state index in [-0.39, 0.29) is 12.3 Å². The number of aromatic nitrogens is 3. The van der Waals surface area contributed by atoms with Crippen molar-refractivity contribution in [2.75, 3.05) is 0 Å². The average molecular weight is 394 g/mol. The molecule has 1 aliphatic rings. The number of allylic oxidation sites excluding steroid dienone is 1. The maximum atomic E-state index is 4.61. The van der Waals surface area contributed by atoms with Crippen LogP contribution in [0.15, 0.2) is 90.5 Å². The molecule has 2 aromatic carbocycles. The van der Waals surface area contributed by atoms with Crippen LogP contribution in [-0.2, 0) is 0 Å². The lowest BCUT2D eigenvalue weighted by Gasteiger charge is -2.26. The molecule has 2 N–H and O–H groups in total. The molecule has 148 valence electrons. The Kier molecular flexibility index (Phi) is 4.83. The topological polar surface area (TPSA) is 67.1 Å². The molecule has 30 heavy (non-hydrogen) atoms. The van der Waals surface area contributed by atoms with E-state index in [4.69, 9.17) is 0 Å². The van der Waals surface area contributed by atoms with E-state index < -0.39 is 0 Å². The minimum absolute atomic E-state index is 0.168. The van der Waals surface area contributed by atoms with Crippen molar-refractivity contribution < 1.29 is 0 Å². The third-order valence-corrected chi connectivity index (χ3v) is 5.26. The summed E-state index contributed by atoms with van der Waals surface area (Å²) in [5.41, 5.74) is 5.37. The first-order valence-corrected chi connectivity index (χ1v) is 9.97. The summed E-state index contributed by atoms with van der Waals surface area (Å²) in [6.07, 6.45) is 9.06. The minimum atomic E-state index is -0.215. The second-order valence-electron chi connectivity index (χ2n) is 7.26. The fourth-order valence-electron chi connectivity index (χ4n) is 3.65. The molecule has 0 amide bonds. The first-order valence-electron chi connectivity index (χ1n) is 9.97. The SMILES string of the molecule is C[C@H](NC1N=CC=C(n2cnc3cc(-c4cccnc4)ccc32)N1)c1ccccc1. The fourth-order valence-corrected chi connectivity index (χ4v) is 3.65. The van der Waals surface area contributed by atoms with Crippen LogP contribution in [0.1, 0.15) is 18.5 Å². The quantitative estimate of drug-likeness (QED) is 0.532. The van der Waals surface area contributed by atoms with Gasteiger partial charge in [0.25, 0.3) is 0 Å². The van der Waals surface area contributed by atoms with Gasteiger partial charge in [0.1, 0.15) is 12.1 Å². The van der Waals surface area contributed by atoms with Crippen molar-refractivity contribution in [3.63, 3.8) is 0 Å². The maximum Gasteiger partial charge on any atom is 0.175 e. The van der Waals surface area contributed by atoms with Crippen LogP contribution < -0.4 is 10.6 Å². The molecule has 0 saturated carbocycles. The van der Waals surface area contributed by atoms with Crippen LogP contribution in [0.4, 0.5) is 0 Å². The number of pyridine rings is 1. The van der Waals surface area contributed by atoms with Gasteiger partial charge in [-0.3, -0.25) is 19.9 Å². The van der Waals surface area contributed by atoms with Gasteiger partial charge in [-0.2, -0.15) is 0 Å². The van der Waals surface area contributed by atoms with Crippen molar-refractivity contribution in [3.8, 4) is 11.1 Å². The molecule has 1 unspecified atom stereocenters. The molecule has 6 heteroatoms. The van der Waals surface area contributed by atoms with E-state index in [1.54, 1.807) is 6.20 Å². The largest absolute Gasteiger partial charge is 0.337 e. The predicted octanol–water partition coefficient (Wildman–Crippen LogP) is 4.21. The van der Waals surface area contributed by atoms with E-state index in [0.29, 0.717) is 0 Å². The zero-order valence-corrected chi connectivity index (χ0v) is 16.6. The van der Waals surface area contributed by atoms with Gasteiger partial charge < -0.3 is 5.32 Å². The van der Waals surface area contributed by atoms with Gasteiger partial charge >= 0.3 is 0 Å².